The number of carbonyl (C=O) groups excluding carboxylic acids is 1. The number of aromatic nitrogens is 2. The maximum absolute atomic E-state index is 12.3. The fourth-order valence-electron chi connectivity index (χ4n) is 3.32. The van der Waals surface area contributed by atoms with Crippen molar-refractivity contribution in [2.75, 3.05) is 58.3 Å². The van der Waals surface area contributed by atoms with E-state index in [9.17, 15) is 4.79 Å². The molecule has 144 valence electrons. The average molecular weight is 389 g/mol. The van der Waals surface area contributed by atoms with Crippen LogP contribution in [0, 0.1) is 0 Å². The number of hydrogen-bond donors (Lipinski definition) is 0. The topological polar surface area (TPSA) is 71.0 Å². The molecule has 1 fully saturated rings. The van der Waals surface area contributed by atoms with Gasteiger partial charge in [-0.1, -0.05) is 12.1 Å². The third-order valence-electron chi connectivity index (χ3n) is 4.78. The van der Waals surface area contributed by atoms with Crippen LogP contribution in [-0.4, -0.2) is 84.0 Å². The zero-order chi connectivity index (χ0) is 18.8. The van der Waals surface area contributed by atoms with Gasteiger partial charge in [0.25, 0.3) is 5.91 Å². The van der Waals surface area contributed by atoms with Gasteiger partial charge in [0.2, 0.25) is 0 Å². The van der Waals surface area contributed by atoms with Gasteiger partial charge in [-0.2, -0.15) is 8.75 Å². The van der Waals surface area contributed by atoms with E-state index >= 15 is 0 Å². The van der Waals surface area contributed by atoms with Crippen molar-refractivity contribution in [1.82, 2.24) is 18.5 Å². The molecule has 1 aromatic heterocycles. The third kappa shape index (κ3) is 3.84. The van der Waals surface area contributed by atoms with Gasteiger partial charge in [-0.25, -0.2) is 0 Å². The Morgan fingerprint density at radius 3 is 2.67 bits per heavy atom. The second-order valence-electron chi connectivity index (χ2n) is 6.92. The highest BCUT2D eigenvalue weighted by Gasteiger charge is 2.28. The molecule has 1 amide bonds. The van der Waals surface area contributed by atoms with E-state index in [2.05, 4.69) is 18.5 Å². The first kappa shape index (κ1) is 18.0. The van der Waals surface area contributed by atoms with Gasteiger partial charge in [0, 0.05) is 46.8 Å². The van der Waals surface area contributed by atoms with Crippen LogP contribution in [0.1, 0.15) is 10.5 Å². The lowest BCUT2D eigenvalue weighted by molar-refractivity contribution is 0.0571. The first-order valence-electron chi connectivity index (χ1n) is 9.02. The minimum atomic E-state index is -0.104. The molecule has 0 radical (unpaired) electrons. The molecule has 0 aliphatic carbocycles. The first-order chi connectivity index (χ1) is 13.1. The van der Waals surface area contributed by atoms with Crippen LogP contribution in [0.25, 0.3) is 0 Å². The van der Waals surface area contributed by atoms with Gasteiger partial charge in [0.05, 0.1) is 11.7 Å². The Morgan fingerprint density at radius 1 is 1.19 bits per heavy atom. The number of rotatable bonds is 4. The van der Waals surface area contributed by atoms with E-state index in [0.29, 0.717) is 18.1 Å². The Balaban J connectivity index is 1.33. The van der Waals surface area contributed by atoms with Crippen molar-refractivity contribution in [3.8, 4) is 11.5 Å². The lowest BCUT2D eigenvalue weighted by Gasteiger charge is -2.37. The number of piperazine rings is 1. The Labute approximate surface area is 162 Å². The Bertz CT molecular complexity index is 804. The van der Waals surface area contributed by atoms with E-state index in [0.717, 1.165) is 56.0 Å². The zero-order valence-corrected chi connectivity index (χ0v) is 16.3. The molecule has 1 aromatic carbocycles. The number of ether oxygens (including phenoxy) is 2. The lowest BCUT2D eigenvalue weighted by Crippen LogP contribution is -2.51. The van der Waals surface area contributed by atoms with Gasteiger partial charge >= 0.3 is 0 Å². The summed E-state index contributed by atoms with van der Waals surface area (Å²) in [7, 11) is 3.46. The molecule has 1 atom stereocenters. The minimum absolute atomic E-state index is 0.0262. The zero-order valence-electron chi connectivity index (χ0n) is 15.5. The molecule has 2 aliphatic heterocycles. The molecular formula is C18H23N5O3S. The van der Waals surface area contributed by atoms with Crippen molar-refractivity contribution in [2.45, 2.75) is 6.10 Å². The molecular weight excluding hydrogens is 366 g/mol. The van der Waals surface area contributed by atoms with Crippen LogP contribution in [0.2, 0.25) is 0 Å². The van der Waals surface area contributed by atoms with Crippen molar-refractivity contribution < 1.29 is 14.3 Å². The average Bonchev–Trinajstić information content (AvgIpc) is 3.17. The number of benzene rings is 1. The first-order valence-corrected chi connectivity index (χ1v) is 9.75. The second kappa shape index (κ2) is 7.69. The highest BCUT2D eigenvalue weighted by molar-refractivity contribution is 6.99. The maximum atomic E-state index is 12.3. The van der Waals surface area contributed by atoms with E-state index < -0.39 is 0 Å². The predicted octanol–water partition coefficient (Wildman–Crippen LogP) is 1.20. The Morgan fingerprint density at radius 2 is 1.93 bits per heavy atom. The van der Waals surface area contributed by atoms with Crippen LogP contribution in [-0.2, 0) is 0 Å². The molecule has 0 spiro atoms. The van der Waals surface area contributed by atoms with Crippen molar-refractivity contribution in [1.29, 1.82) is 0 Å². The number of fused-ring (bicyclic) bond motifs is 1. The summed E-state index contributed by atoms with van der Waals surface area (Å²) in [6.45, 7) is 4.77. The van der Waals surface area contributed by atoms with E-state index in [-0.39, 0.29) is 12.0 Å². The summed E-state index contributed by atoms with van der Waals surface area (Å²) in [4.78, 5) is 18.3. The highest BCUT2D eigenvalue weighted by atomic mass is 32.1. The van der Waals surface area contributed by atoms with Crippen LogP contribution < -0.4 is 14.4 Å². The lowest BCUT2D eigenvalue weighted by atomic mass is 10.2. The van der Waals surface area contributed by atoms with E-state index in [1.54, 1.807) is 14.1 Å². The number of amides is 1. The molecule has 4 rings (SSSR count). The Kier molecular flexibility index (Phi) is 5.13. The van der Waals surface area contributed by atoms with E-state index in [1.165, 1.54) is 4.90 Å². The van der Waals surface area contributed by atoms with E-state index in [4.69, 9.17) is 9.47 Å². The molecule has 1 unspecified atom stereocenters. The van der Waals surface area contributed by atoms with Gasteiger partial charge in [-0.3, -0.25) is 9.69 Å². The van der Waals surface area contributed by atoms with Crippen LogP contribution in [0.4, 0.5) is 5.82 Å². The Hall–Kier alpha value is -2.39. The molecule has 0 saturated carbocycles. The number of nitrogens with zero attached hydrogens (tertiary/aromatic N) is 5. The van der Waals surface area contributed by atoms with Crippen LogP contribution in [0.15, 0.2) is 24.3 Å². The summed E-state index contributed by atoms with van der Waals surface area (Å²) in [6.07, 6.45) is 0.0262. The van der Waals surface area contributed by atoms with Gasteiger partial charge in [0.15, 0.2) is 23.0 Å². The third-order valence-corrected chi connectivity index (χ3v) is 5.30. The number of hydrogen-bond acceptors (Lipinski definition) is 8. The van der Waals surface area contributed by atoms with Crippen molar-refractivity contribution in [2.24, 2.45) is 0 Å². The fraction of sp³-hybridized carbons (Fsp3) is 0.500. The fourth-order valence-corrected chi connectivity index (χ4v) is 3.88. The SMILES string of the molecule is CN(C)C(=O)c1nsnc1N1CCN(CC2COc3ccccc3O2)CC1. The summed E-state index contributed by atoms with van der Waals surface area (Å²) in [5.74, 6) is 2.22. The van der Waals surface area contributed by atoms with Crippen LogP contribution in [0.5, 0.6) is 11.5 Å². The number of carbonyl (C=O) groups is 1. The molecule has 3 heterocycles. The van der Waals surface area contributed by atoms with Gasteiger partial charge in [-0.15, -0.1) is 0 Å². The number of para-hydroxylation sites is 2. The van der Waals surface area contributed by atoms with Crippen LogP contribution in [0.3, 0.4) is 0 Å². The van der Waals surface area contributed by atoms with Crippen molar-refractivity contribution in [3.05, 3.63) is 30.0 Å². The summed E-state index contributed by atoms with van der Waals surface area (Å²) >= 11 is 1.09. The molecule has 27 heavy (non-hydrogen) atoms. The smallest absolute Gasteiger partial charge is 0.276 e. The standard InChI is InChI=1S/C18H23N5O3S/c1-21(2)18(24)16-17(20-27-19-16)23-9-7-22(8-10-23)11-13-12-25-14-5-3-4-6-15(14)26-13/h3-6,13H,7-12H2,1-2H3. The normalized spacial score (nSPS) is 19.8. The van der Waals surface area contributed by atoms with Crippen molar-refractivity contribution >= 4 is 23.5 Å². The number of anilines is 1. The van der Waals surface area contributed by atoms with Gasteiger partial charge in [-0.05, 0) is 12.1 Å². The molecule has 0 bridgehead atoms. The second-order valence-corrected chi connectivity index (χ2v) is 7.45. The summed E-state index contributed by atoms with van der Waals surface area (Å²) in [6, 6.07) is 7.78. The summed E-state index contributed by atoms with van der Waals surface area (Å²) < 4.78 is 20.4. The molecule has 2 aliphatic rings. The van der Waals surface area contributed by atoms with E-state index in [1.807, 2.05) is 24.3 Å². The summed E-state index contributed by atoms with van der Waals surface area (Å²) in [5, 5.41) is 0. The largest absolute Gasteiger partial charge is 0.486 e. The molecule has 2 aromatic rings. The minimum Gasteiger partial charge on any atom is -0.486 e. The maximum Gasteiger partial charge on any atom is 0.276 e. The summed E-state index contributed by atoms with van der Waals surface area (Å²) in [5.41, 5.74) is 0.444. The van der Waals surface area contributed by atoms with Crippen molar-refractivity contribution in [3.63, 3.8) is 0 Å². The predicted molar refractivity (Wildman–Crippen MR) is 103 cm³/mol. The molecule has 1 saturated heterocycles. The quantitative estimate of drug-likeness (QED) is 0.778. The monoisotopic (exact) mass is 389 g/mol. The van der Waals surface area contributed by atoms with Crippen LogP contribution >= 0.6 is 11.7 Å². The highest BCUT2D eigenvalue weighted by Crippen LogP contribution is 2.31. The molecule has 0 N–H and O–H groups in total. The van der Waals surface area contributed by atoms with Gasteiger partial charge < -0.3 is 19.3 Å². The molecule has 9 heteroatoms. The van der Waals surface area contributed by atoms with Gasteiger partial charge in [0.1, 0.15) is 12.7 Å². The molecule has 8 nitrogen and oxygen atoms in total.